The van der Waals surface area contributed by atoms with Crippen molar-refractivity contribution in [1.29, 1.82) is 0 Å². The molecule has 96 valence electrons. The Bertz CT molecular complexity index is 340. The molecule has 17 heavy (non-hydrogen) atoms. The zero-order valence-corrected chi connectivity index (χ0v) is 10.6. The number of hydrogen-bond donors (Lipinski definition) is 2. The van der Waals surface area contributed by atoms with Crippen LogP contribution in [0.15, 0.2) is 29.2 Å². The molecule has 0 saturated carbocycles. The molecule has 0 unspecified atom stereocenters. The van der Waals surface area contributed by atoms with Gasteiger partial charge in [0.1, 0.15) is 11.4 Å². The highest BCUT2D eigenvalue weighted by atomic mass is 16.6. The number of allylic oxidation sites excluding steroid dienone is 1. The number of amides is 1. The van der Waals surface area contributed by atoms with Gasteiger partial charge in [-0.15, -0.1) is 0 Å². The molecule has 0 aliphatic carbocycles. The van der Waals surface area contributed by atoms with Gasteiger partial charge in [-0.3, -0.25) is 5.32 Å². The second-order valence-corrected chi connectivity index (χ2v) is 4.13. The molecule has 0 aliphatic heterocycles. The molecule has 0 aromatic rings. The molecule has 0 fully saturated rings. The lowest BCUT2D eigenvalue weighted by atomic mass is 10.2. The van der Waals surface area contributed by atoms with E-state index in [9.17, 15) is 4.79 Å². The molecule has 6 nitrogen and oxygen atoms in total. The number of rotatable bonds is 4. The Morgan fingerprint density at radius 2 is 2.06 bits per heavy atom. The van der Waals surface area contributed by atoms with Crippen LogP contribution in [0.25, 0.3) is 0 Å². The Morgan fingerprint density at radius 1 is 1.47 bits per heavy atom. The first-order valence-electron chi connectivity index (χ1n) is 4.97. The van der Waals surface area contributed by atoms with E-state index in [2.05, 4.69) is 17.0 Å². The monoisotopic (exact) mass is 241 g/mol. The van der Waals surface area contributed by atoms with Gasteiger partial charge in [-0.25, -0.2) is 4.79 Å². The second kappa shape index (κ2) is 6.57. The van der Waals surface area contributed by atoms with Crippen LogP contribution < -0.4 is 11.2 Å². The van der Waals surface area contributed by atoms with Crippen molar-refractivity contribution in [2.24, 2.45) is 10.9 Å². The summed E-state index contributed by atoms with van der Waals surface area (Å²) in [4.78, 5) is 11.5. The predicted molar refractivity (Wildman–Crippen MR) is 66.3 cm³/mol. The van der Waals surface area contributed by atoms with Crippen molar-refractivity contribution in [1.82, 2.24) is 5.32 Å². The van der Waals surface area contributed by atoms with Gasteiger partial charge in [-0.2, -0.15) is 5.10 Å². The molecule has 6 heteroatoms. The van der Waals surface area contributed by atoms with Gasteiger partial charge in [0.2, 0.25) is 0 Å². The van der Waals surface area contributed by atoms with E-state index < -0.39 is 11.7 Å². The number of methoxy groups -OCH3 is 1. The Morgan fingerprint density at radius 3 is 2.47 bits per heavy atom. The van der Waals surface area contributed by atoms with Gasteiger partial charge in [0.25, 0.3) is 0 Å². The normalized spacial score (nSPS) is 12.4. The van der Waals surface area contributed by atoms with Crippen LogP contribution in [0.4, 0.5) is 4.79 Å². The van der Waals surface area contributed by atoms with Crippen LogP contribution in [0.3, 0.4) is 0 Å². The SMILES string of the molecule is C=C(OC)/C(=C\C=NN)NC(=O)OC(C)(C)C. The standard InChI is InChI=1S/C11H19N3O3/c1-8(16-5)9(6-7-13-12)14-10(15)17-11(2,3)4/h6-7H,1,12H2,2-5H3,(H,14,15)/b9-6+,13-7?. The molecule has 0 saturated heterocycles. The summed E-state index contributed by atoms with van der Waals surface area (Å²) in [5.74, 6) is 5.24. The van der Waals surface area contributed by atoms with Crippen LogP contribution in [0.2, 0.25) is 0 Å². The van der Waals surface area contributed by atoms with Gasteiger partial charge in [-0.1, -0.05) is 6.58 Å². The van der Waals surface area contributed by atoms with E-state index in [1.54, 1.807) is 20.8 Å². The van der Waals surface area contributed by atoms with E-state index >= 15 is 0 Å². The van der Waals surface area contributed by atoms with Crippen LogP contribution in [0.1, 0.15) is 20.8 Å². The number of ether oxygens (including phenoxy) is 2. The molecular formula is C11H19N3O3. The first kappa shape index (κ1) is 15.0. The van der Waals surface area contributed by atoms with E-state index in [0.717, 1.165) is 0 Å². The second-order valence-electron chi connectivity index (χ2n) is 4.13. The summed E-state index contributed by atoms with van der Waals surface area (Å²) in [6.07, 6.45) is 2.15. The maximum atomic E-state index is 11.5. The molecule has 0 spiro atoms. The molecule has 0 aliphatic rings. The molecule has 0 aromatic carbocycles. The van der Waals surface area contributed by atoms with Crippen LogP contribution in [0.5, 0.6) is 0 Å². The number of nitrogens with zero attached hydrogens (tertiary/aromatic N) is 1. The van der Waals surface area contributed by atoms with Crippen molar-refractivity contribution in [3.05, 3.63) is 24.1 Å². The van der Waals surface area contributed by atoms with Crippen LogP contribution >= 0.6 is 0 Å². The largest absolute Gasteiger partial charge is 0.495 e. The van der Waals surface area contributed by atoms with Gasteiger partial charge >= 0.3 is 6.09 Å². The number of nitrogens with two attached hydrogens (primary N) is 1. The van der Waals surface area contributed by atoms with Gasteiger partial charge in [0, 0.05) is 6.21 Å². The molecular weight excluding hydrogens is 222 g/mol. The van der Waals surface area contributed by atoms with Gasteiger partial charge in [0.15, 0.2) is 0 Å². The molecule has 0 radical (unpaired) electrons. The molecule has 0 heterocycles. The van der Waals surface area contributed by atoms with E-state index in [4.69, 9.17) is 15.3 Å². The van der Waals surface area contributed by atoms with Crippen molar-refractivity contribution in [2.45, 2.75) is 26.4 Å². The fraction of sp³-hybridized carbons (Fsp3) is 0.455. The summed E-state index contributed by atoms with van der Waals surface area (Å²) in [7, 11) is 1.44. The minimum atomic E-state index is -0.604. The van der Waals surface area contributed by atoms with Crippen molar-refractivity contribution in [3.8, 4) is 0 Å². The number of carbonyl (C=O) groups is 1. The highest BCUT2D eigenvalue weighted by molar-refractivity contribution is 5.77. The summed E-state index contributed by atoms with van der Waals surface area (Å²) in [6.45, 7) is 8.91. The van der Waals surface area contributed by atoms with Gasteiger partial charge < -0.3 is 15.3 Å². The first-order chi connectivity index (χ1) is 7.80. The van der Waals surface area contributed by atoms with Gasteiger partial charge in [-0.05, 0) is 26.8 Å². The number of nitrogens with one attached hydrogen (secondary N) is 1. The summed E-state index contributed by atoms with van der Waals surface area (Å²) in [5, 5.41) is 5.77. The smallest absolute Gasteiger partial charge is 0.412 e. The third-order valence-corrected chi connectivity index (χ3v) is 1.51. The highest BCUT2D eigenvalue weighted by Crippen LogP contribution is 2.09. The number of hydrazone groups is 1. The number of carbonyl (C=O) groups excluding carboxylic acids is 1. The van der Waals surface area contributed by atoms with Crippen molar-refractivity contribution < 1.29 is 14.3 Å². The Balaban J connectivity index is 4.66. The third-order valence-electron chi connectivity index (χ3n) is 1.51. The maximum Gasteiger partial charge on any atom is 0.412 e. The van der Waals surface area contributed by atoms with E-state index in [0.29, 0.717) is 5.70 Å². The quantitative estimate of drug-likeness (QED) is 0.257. The highest BCUT2D eigenvalue weighted by Gasteiger charge is 2.17. The van der Waals surface area contributed by atoms with Crippen molar-refractivity contribution >= 4 is 12.3 Å². The molecule has 0 atom stereocenters. The summed E-state index contributed by atoms with van der Waals surface area (Å²) in [6, 6.07) is 0. The van der Waals surface area contributed by atoms with E-state index in [-0.39, 0.29) is 5.76 Å². The van der Waals surface area contributed by atoms with E-state index in [1.807, 2.05) is 0 Å². The van der Waals surface area contributed by atoms with Crippen LogP contribution in [-0.4, -0.2) is 25.0 Å². The Kier molecular flexibility index (Phi) is 5.80. The first-order valence-corrected chi connectivity index (χ1v) is 4.97. The van der Waals surface area contributed by atoms with Crippen molar-refractivity contribution in [3.63, 3.8) is 0 Å². The summed E-state index contributed by atoms with van der Waals surface area (Å²) in [5.41, 5.74) is -0.248. The average molecular weight is 241 g/mol. The van der Waals surface area contributed by atoms with Gasteiger partial charge in [0.05, 0.1) is 12.8 Å². The zero-order chi connectivity index (χ0) is 13.5. The minimum Gasteiger partial charge on any atom is -0.495 e. The zero-order valence-electron chi connectivity index (χ0n) is 10.6. The summed E-state index contributed by atoms with van der Waals surface area (Å²) < 4.78 is 9.98. The van der Waals surface area contributed by atoms with Crippen LogP contribution in [-0.2, 0) is 9.47 Å². The van der Waals surface area contributed by atoms with E-state index in [1.165, 1.54) is 19.4 Å². The molecule has 0 rings (SSSR count). The Hall–Kier alpha value is -1.98. The Labute approximate surface area is 101 Å². The van der Waals surface area contributed by atoms with Crippen LogP contribution in [0, 0.1) is 0 Å². The minimum absolute atomic E-state index is 0.274. The lowest BCUT2D eigenvalue weighted by Crippen LogP contribution is -2.32. The average Bonchev–Trinajstić information content (AvgIpc) is 2.20. The summed E-state index contributed by atoms with van der Waals surface area (Å²) >= 11 is 0. The maximum absolute atomic E-state index is 11.5. The number of hydrogen-bond acceptors (Lipinski definition) is 5. The topological polar surface area (TPSA) is 85.9 Å². The molecule has 0 bridgehead atoms. The molecule has 3 N–H and O–H groups in total. The number of alkyl carbamates (subject to hydrolysis) is 1. The van der Waals surface area contributed by atoms with Crippen molar-refractivity contribution in [2.75, 3.05) is 7.11 Å². The lowest BCUT2D eigenvalue weighted by Gasteiger charge is -2.20. The third kappa shape index (κ3) is 6.99. The molecule has 0 aromatic heterocycles. The lowest BCUT2D eigenvalue weighted by molar-refractivity contribution is 0.0543. The fourth-order valence-electron chi connectivity index (χ4n) is 0.845. The molecule has 1 amide bonds. The predicted octanol–water partition coefficient (Wildman–Crippen LogP) is 1.50. The fourth-order valence-corrected chi connectivity index (χ4v) is 0.845.